The molecule has 148 valence electrons. The summed E-state index contributed by atoms with van der Waals surface area (Å²) in [5.41, 5.74) is 6.14. The van der Waals surface area contributed by atoms with Crippen molar-refractivity contribution in [1.82, 2.24) is 10.2 Å². The first-order chi connectivity index (χ1) is 13.5. The summed E-state index contributed by atoms with van der Waals surface area (Å²) in [6.45, 7) is 3.73. The van der Waals surface area contributed by atoms with Gasteiger partial charge in [-0.3, -0.25) is 4.79 Å². The van der Waals surface area contributed by atoms with E-state index in [1.807, 2.05) is 59.5 Å². The van der Waals surface area contributed by atoms with Gasteiger partial charge in [0.05, 0.1) is 12.5 Å². The Kier molecular flexibility index (Phi) is 6.53. The highest BCUT2D eigenvalue weighted by Gasteiger charge is 2.24. The third-order valence-electron chi connectivity index (χ3n) is 5.07. The van der Waals surface area contributed by atoms with Crippen LogP contribution in [0, 0.1) is 5.92 Å². The fourth-order valence-electron chi connectivity index (χ4n) is 3.41. The summed E-state index contributed by atoms with van der Waals surface area (Å²) in [6, 6.07) is 15.7. The Labute approximate surface area is 165 Å². The second kappa shape index (κ2) is 9.26. The average Bonchev–Trinajstić information content (AvgIpc) is 2.68. The summed E-state index contributed by atoms with van der Waals surface area (Å²) >= 11 is 0. The highest BCUT2D eigenvalue weighted by atomic mass is 16.5. The number of rotatable bonds is 6. The van der Waals surface area contributed by atoms with Crippen LogP contribution in [0.1, 0.15) is 37.8 Å². The van der Waals surface area contributed by atoms with E-state index < -0.39 is 12.1 Å². The molecule has 1 atom stereocenters. The molecule has 0 spiro atoms. The molecule has 2 aromatic carbocycles. The van der Waals surface area contributed by atoms with Gasteiger partial charge in [0.15, 0.2) is 0 Å². The lowest BCUT2D eigenvalue weighted by atomic mass is 9.97. The molecule has 0 aromatic heterocycles. The van der Waals surface area contributed by atoms with Gasteiger partial charge < -0.3 is 20.7 Å². The van der Waals surface area contributed by atoms with Gasteiger partial charge in [0.1, 0.15) is 11.5 Å². The van der Waals surface area contributed by atoms with Gasteiger partial charge in [-0.1, -0.05) is 37.3 Å². The molecule has 3 N–H and O–H groups in total. The highest BCUT2D eigenvalue weighted by molar-refractivity contribution is 5.79. The van der Waals surface area contributed by atoms with E-state index in [0.29, 0.717) is 11.7 Å². The van der Waals surface area contributed by atoms with Crippen LogP contribution in [0.25, 0.3) is 0 Å². The number of para-hydroxylation sites is 1. The zero-order valence-corrected chi connectivity index (χ0v) is 16.1. The van der Waals surface area contributed by atoms with Crippen LogP contribution in [0.15, 0.2) is 54.6 Å². The van der Waals surface area contributed by atoms with Crippen molar-refractivity contribution < 1.29 is 14.3 Å². The van der Waals surface area contributed by atoms with Crippen LogP contribution < -0.4 is 15.8 Å². The van der Waals surface area contributed by atoms with Crippen molar-refractivity contribution in [3.8, 4) is 11.5 Å². The molecule has 1 unspecified atom stereocenters. The quantitative estimate of drug-likeness (QED) is 0.797. The lowest BCUT2D eigenvalue weighted by molar-refractivity contribution is -0.133. The Bertz CT molecular complexity index is 802. The van der Waals surface area contributed by atoms with Crippen molar-refractivity contribution in [2.24, 2.45) is 11.7 Å². The number of ether oxygens (including phenoxy) is 1. The third kappa shape index (κ3) is 5.49. The maximum absolute atomic E-state index is 12.7. The number of nitrogens with two attached hydrogens (primary N) is 1. The number of primary amides is 1. The Morgan fingerprint density at radius 1 is 1.11 bits per heavy atom. The number of carbonyl (C=O) groups is 2. The van der Waals surface area contributed by atoms with E-state index in [0.717, 1.165) is 37.2 Å². The van der Waals surface area contributed by atoms with E-state index in [2.05, 4.69) is 12.2 Å². The molecular formula is C22H27N3O3. The molecule has 3 rings (SSSR count). The number of nitrogens with zero attached hydrogens (tertiary/aromatic N) is 1. The van der Waals surface area contributed by atoms with E-state index in [4.69, 9.17) is 10.5 Å². The SMILES string of the molecule is CC1CCN(C(=O)CC(NC(N)=O)c2cccc(Oc3ccccc3)c2)CC1. The summed E-state index contributed by atoms with van der Waals surface area (Å²) in [6.07, 6.45) is 2.20. The number of hydrogen-bond acceptors (Lipinski definition) is 3. The number of urea groups is 1. The summed E-state index contributed by atoms with van der Waals surface area (Å²) in [7, 11) is 0. The lowest BCUT2D eigenvalue weighted by Crippen LogP contribution is -2.41. The number of likely N-dealkylation sites (tertiary alicyclic amines) is 1. The topological polar surface area (TPSA) is 84.7 Å². The Balaban J connectivity index is 1.73. The van der Waals surface area contributed by atoms with Gasteiger partial charge in [-0.05, 0) is 48.6 Å². The Hall–Kier alpha value is -3.02. The van der Waals surface area contributed by atoms with E-state index in [1.54, 1.807) is 0 Å². The van der Waals surface area contributed by atoms with E-state index >= 15 is 0 Å². The number of piperidine rings is 1. The van der Waals surface area contributed by atoms with Crippen LogP contribution in [0.2, 0.25) is 0 Å². The second-order valence-electron chi connectivity index (χ2n) is 7.32. The van der Waals surface area contributed by atoms with Crippen LogP contribution in [0.5, 0.6) is 11.5 Å². The number of benzene rings is 2. The molecule has 2 aromatic rings. The molecule has 1 fully saturated rings. The van der Waals surface area contributed by atoms with Crippen molar-refractivity contribution in [3.63, 3.8) is 0 Å². The fraction of sp³-hybridized carbons (Fsp3) is 0.364. The third-order valence-corrected chi connectivity index (χ3v) is 5.07. The predicted molar refractivity (Wildman–Crippen MR) is 108 cm³/mol. The van der Waals surface area contributed by atoms with Gasteiger partial charge in [0.25, 0.3) is 0 Å². The first kappa shape index (κ1) is 19.7. The van der Waals surface area contributed by atoms with Crippen molar-refractivity contribution in [2.75, 3.05) is 13.1 Å². The second-order valence-corrected chi connectivity index (χ2v) is 7.32. The van der Waals surface area contributed by atoms with Gasteiger partial charge in [0.2, 0.25) is 5.91 Å². The van der Waals surface area contributed by atoms with Gasteiger partial charge in [-0.25, -0.2) is 4.79 Å². The summed E-state index contributed by atoms with van der Waals surface area (Å²) in [5.74, 6) is 2.03. The van der Waals surface area contributed by atoms with Crippen molar-refractivity contribution in [3.05, 3.63) is 60.2 Å². The van der Waals surface area contributed by atoms with Crippen LogP contribution in [-0.4, -0.2) is 29.9 Å². The Morgan fingerprint density at radius 3 is 2.46 bits per heavy atom. The van der Waals surface area contributed by atoms with Gasteiger partial charge in [-0.2, -0.15) is 0 Å². The molecular weight excluding hydrogens is 354 g/mol. The lowest BCUT2D eigenvalue weighted by Gasteiger charge is -2.31. The van der Waals surface area contributed by atoms with E-state index in [-0.39, 0.29) is 12.3 Å². The smallest absolute Gasteiger partial charge is 0.312 e. The maximum Gasteiger partial charge on any atom is 0.312 e. The highest BCUT2D eigenvalue weighted by Crippen LogP contribution is 2.27. The minimum Gasteiger partial charge on any atom is -0.457 e. The molecule has 3 amide bonds. The molecule has 1 aliphatic rings. The first-order valence-electron chi connectivity index (χ1n) is 9.68. The molecule has 0 bridgehead atoms. The summed E-state index contributed by atoms with van der Waals surface area (Å²) in [5, 5.41) is 2.70. The van der Waals surface area contributed by atoms with Crippen molar-refractivity contribution in [1.29, 1.82) is 0 Å². The molecule has 1 aliphatic heterocycles. The Morgan fingerprint density at radius 2 is 1.79 bits per heavy atom. The average molecular weight is 381 g/mol. The largest absolute Gasteiger partial charge is 0.457 e. The maximum atomic E-state index is 12.7. The zero-order valence-electron chi connectivity index (χ0n) is 16.1. The summed E-state index contributed by atoms with van der Waals surface area (Å²) in [4.78, 5) is 26.1. The molecule has 0 aliphatic carbocycles. The van der Waals surface area contributed by atoms with E-state index in [1.165, 1.54) is 0 Å². The first-order valence-corrected chi connectivity index (χ1v) is 9.68. The molecule has 6 heteroatoms. The molecule has 0 saturated carbocycles. The van der Waals surface area contributed by atoms with Gasteiger partial charge in [-0.15, -0.1) is 0 Å². The number of amides is 3. The molecule has 1 heterocycles. The predicted octanol–water partition coefficient (Wildman–Crippen LogP) is 3.84. The molecule has 6 nitrogen and oxygen atoms in total. The zero-order chi connectivity index (χ0) is 19.9. The van der Waals surface area contributed by atoms with Crippen molar-refractivity contribution in [2.45, 2.75) is 32.2 Å². The monoisotopic (exact) mass is 381 g/mol. The number of nitrogens with one attached hydrogen (secondary N) is 1. The molecule has 28 heavy (non-hydrogen) atoms. The fourth-order valence-corrected chi connectivity index (χ4v) is 3.41. The molecule has 0 radical (unpaired) electrons. The number of hydrogen-bond donors (Lipinski definition) is 2. The van der Waals surface area contributed by atoms with Crippen LogP contribution in [0.4, 0.5) is 4.79 Å². The van der Waals surface area contributed by atoms with Gasteiger partial charge in [0, 0.05) is 13.1 Å². The normalized spacial score (nSPS) is 15.7. The molecule has 1 saturated heterocycles. The van der Waals surface area contributed by atoms with Crippen LogP contribution >= 0.6 is 0 Å². The van der Waals surface area contributed by atoms with E-state index in [9.17, 15) is 9.59 Å². The van der Waals surface area contributed by atoms with Gasteiger partial charge >= 0.3 is 6.03 Å². The van der Waals surface area contributed by atoms with Crippen LogP contribution in [0.3, 0.4) is 0 Å². The number of carbonyl (C=O) groups excluding carboxylic acids is 2. The van der Waals surface area contributed by atoms with Crippen molar-refractivity contribution >= 4 is 11.9 Å². The minimum absolute atomic E-state index is 0.0278. The summed E-state index contributed by atoms with van der Waals surface area (Å²) < 4.78 is 5.87. The minimum atomic E-state index is -0.653. The van der Waals surface area contributed by atoms with Crippen LogP contribution in [-0.2, 0) is 4.79 Å². The standard InChI is InChI=1S/C22H27N3O3/c1-16-10-12-25(13-11-16)21(26)15-20(24-22(23)27)17-6-5-9-19(14-17)28-18-7-3-2-4-8-18/h2-9,14,16,20H,10-13,15H2,1H3,(H3,23,24,27).